The molecular formula is C16H12Cl2N2O2S. The third-order valence-electron chi connectivity index (χ3n) is 2.76. The molecule has 0 aliphatic rings. The van der Waals surface area contributed by atoms with Crippen LogP contribution in [0.15, 0.2) is 48.5 Å². The summed E-state index contributed by atoms with van der Waals surface area (Å²) in [6, 6.07) is 11.6. The molecule has 3 N–H and O–H groups in total. The lowest BCUT2D eigenvalue weighted by Crippen LogP contribution is -2.32. The van der Waals surface area contributed by atoms with E-state index in [4.69, 9.17) is 35.4 Å². The van der Waals surface area contributed by atoms with Crippen LogP contribution in [0.2, 0.25) is 10.0 Å². The van der Waals surface area contributed by atoms with Gasteiger partial charge in [0.15, 0.2) is 5.11 Å². The average molecular weight is 367 g/mol. The summed E-state index contributed by atoms with van der Waals surface area (Å²) in [5, 5.41) is 15.8. The van der Waals surface area contributed by atoms with E-state index in [9.17, 15) is 9.90 Å². The zero-order chi connectivity index (χ0) is 16.8. The number of nitrogens with one attached hydrogen (secondary N) is 2. The van der Waals surface area contributed by atoms with E-state index in [-0.39, 0.29) is 10.9 Å². The van der Waals surface area contributed by atoms with E-state index in [1.54, 1.807) is 24.3 Å². The quantitative estimate of drug-likeness (QED) is 0.432. The molecule has 0 spiro atoms. The van der Waals surface area contributed by atoms with E-state index in [0.717, 1.165) is 5.56 Å². The normalized spacial score (nSPS) is 10.5. The molecule has 23 heavy (non-hydrogen) atoms. The fraction of sp³-hybridized carbons (Fsp3) is 0. The van der Waals surface area contributed by atoms with Crippen molar-refractivity contribution in [3.63, 3.8) is 0 Å². The van der Waals surface area contributed by atoms with Gasteiger partial charge in [0.2, 0.25) is 5.91 Å². The van der Waals surface area contributed by atoms with Crippen molar-refractivity contribution in [1.82, 2.24) is 5.32 Å². The van der Waals surface area contributed by atoms with Gasteiger partial charge in [-0.15, -0.1) is 0 Å². The van der Waals surface area contributed by atoms with Crippen molar-refractivity contribution < 1.29 is 9.90 Å². The van der Waals surface area contributed by atoms with Gasteiger partial charge in [-0.1, -0.05) is 41.4 Å². The molecular weight excluding hydrogens is 355 g/mol. The lowest BCUT2D eigenvalue weighted by molar-refractivity contribution is -0.115. The smallest absolute Gasteiger partial charge is 0.250 e. The minimum absolute atomic E-state index is 0.0300. The molecule has 0 aliphatic carbocycles. The van der Waals surface area contributed by atoms with Gasteiger partial charge in [-0.05, 0) is 48.1 Å². The lowest BCUT2D eigenvalue weighted by atomic mass is 10.2. The molecule has 0 saturated heterocycles. The largest absolute Gasteiger partial charge is 0.506 e. The Morgan fingerprint density at radius 3 is 2.65 bits per heavy atom. The highest BCUT2D eigenvalue weighted by molar-refractivity contribution is 7.80. The third-order valence-corrected chi connectivity index (χ3v) is 3.55. The monoisotopic (exact) mass is 366 g/mol. The van der Waals surface area contributed by atoms with Crippen LogP contribution in [0.4, 0.5) is 5.69 Å². The van der Waals surface area contributed by atoms with Crippen molar-refractivity contribution >= 4 is 58.2 Å². The number of carbonyl (C=O) groups is 1. The molecule has 0 aromatic heterocycles. The number of phenols is 1. The number of rotatable bonds is 3. The second kappa shape index (κ2) is 7.97. The molecule has 0 unspecified atom stereocenters. The van der Waals surface area contributed by atoms with Gasteiger partial charge in [0.05, 0.1) is 5.69 Å². The van der Waals surface area contributed by atoms with Gasteiger partial charge >= 0.3 is 0 Å². The summed E-state index contributed by atoms with van der Waals surface area (Å²) in [6.45, 7) is 0. The van der Waals surface area contributed by atoms with Crippen molar-refractivity contribution in [3.8, 4) is 5.75 Å². The highest BCUT2D eigenvalue weighted by Gasteiger charge is 2.06. The van der Waals surface area contributed by atoms with Crippen molar-refractivity contribution in [3.05, 3.63) is 64.1 Å². The number of phenolic OH excluding ortho intramolecular Hbond substituents is 1. The Labute approximate surface area is 148 Å². The van der Waals surface area contributed by atoms with Gasteiger partial charge in [0, 0.05) is 16.1 Å². The summed E-state index contributed by atoms with van der Waals surface area (Å²) in [5.74, 6) is -0.457. The molecule has 1 amide bonds. The van der Waals surface area contributed by atoms with Crippen LogP contribution in [0.1, 0.15) is 5.56 Å². The maximum Gasteiger partial charge on any atom is 0.250 e. The summed E-state index contributed by atoms with van der Waals surface area (Å²) in [5.41, 5.74) is 1.02. The first-order valence-corrected chi connectivity index (χ1v) is 7.65. The summed E-state index contributed by atoms with van der Waals surface area (Å²) >= 11 is 16.8. The van der Waals surface area contributed by atoms with Crippen LogP contribution < -0.4 is 10.6 Å². The van der Waals surface area contributed by atoms with Gasteiger partial charge < -0.3 is 10.4 Å². The molecule has 2 aromatic carbocycles. The molecule has 0 heterocycles. The van der Waals surface area contributed by atoms with Gasteiger partial charge in [-0.3, -0.25) is 10.1 Å². The number of benzene rings is 2. The molecule has 0 aliphatic heterocycles. The molecule has 118 valence electrons. The van der Waals surface area contributed by atoms with E-state index in [0.29, 0.717) is 15.7 Å². The highest BCUT2D eigenvalue weighted by atomic mass is 35.5. The molecule has 2 aromatic rings. The number of anilines is 1. The van der Waals surface area contributed by atoms with Gasteiger partial charge in [0.1, 0.15) is 5.75 Å². The van der Waals surface area contributed by atoms with Gasteiger partial charge in [0.25, 0.3) is 0 Å². The highest BCUT2D eigenvalue weighted by Crippen LogP contribution is 2.26. The summed E-state index contributed by atoms with van der Waals surface area (Å²) < 4.78 is 0. The van der Waals surface area contributed by atoms with E-state index in [1.807, 2.05) is 6.07 Å². The Hall–Kier alpha value is -2.08. The molecule has 7 heteroatoms. The fourth-order valence-corrected chi connectivity index (χ4v) is 2.27. The maximum atomic E-state index is 11.8. The number of aromatic hydroxyl groups is 1. The van der Waals surface area contributed by atoms with E-state index in [2.05, 4.69) is 10.6 Å². The second-order valence-electron chi connectivity index (χ2n) is 4.46. The van der Waals surface area contributed by atoms with Crippen LogP contribution >= 0.6 is 35.4 Å². The van der Waals surface area contributed by atoms with E-state index >= 15 is 0 Å². The minimum Gasteiger partial charge on any atom is -0.506 e. The predicted molar refractivity (Wildman–Crippen MR) is 98.0 cm³/mol. The Balaban J connectivity index is 1.96. The van der Waals surface area contributed by atoms with E-state index in [1.165, 1.54) is 24.3 Å². The second-order valence-corrected chi connectivity index (χ2v) is 5.71. The number of thiocarbonyl (C=S) groups is 1. The van der Waals surface area contributed by atoms with Gasteiger partial charge in [-0.2, -0.15) is 0 Å². The zero-order valence-corrected chi connectivity index (χ0v) is 14.0. The van der Waals surface area contributed by atoms with Crippen molar-refractivity contribution in [2.45, 2.75) is 0 Å². The third kappa shape index (κ3) is 5.25. The Morgan fingerprint density at radius 2 is 1.91 bits per heavy atom. The van der Waals surface area contributed by atoms with Gasteiger partial charge in [-0.25, -0.2) is 0 Å². The Morgan fingerprint density at radius 1 is 1.17 bits per heavy atom. The lowest BCUT2D eigenvalue weighted by Gasteiger charge is -2.10. The minimum atomic E-state index is -0.427. The van der Waals surface area contributed by atoms with Crippen LogP contribution in [0.25, 0.3) is 6.08 Å². The van der Waals surface area contributed by atoms with Crippen molar-refractivity contribution in [2.24, 2.45) is 0 Å². The summed E-state index contributed by atoms with van der Waals surface area (Å²) in [6.07, 6.45) is 2.89. The zero-order valence-electron chi connectivity index (χ0n) is 11.7. The van der Waals surface area contributed by atoms with E-state index < -0.39 is 5.91 Å². The molecule has 0 bridgehead atoms. The maximum absolute atomic E-state index is 11.8. The van der Waals surface area contributed by atoms with Crippen LogP contribution in [0.5, 0.6) is 5.75 Å². The number of amides is 1. The Bertz CT molecular complexity index is 778. The van der Waals surface area contributed by atoms with Crippen LogP contribution in [-0.4, -0.2) is 16.1 Å². The predicted octanol–water partition coefficient (Wildman–Crippen LogP) is 4.23. The van der Waals surface area contributed by atoms with Crippen LogP contribution in [-0.2, 0) is 4.79 Å². The van der Waals surface area contributed by atoms with Crippen LogP contribution in [0.3, 0.4) is 0 Å². The molecule has 2 rings (SSSR count). The standard InChI is InChI=1S/C16H12Cl2N2O2S/c17-11-6-7-14(21)13(9-11)19-16(23)20-15(22)8-5-10-3-1-2-4-12(10)18/h1-9,21H,(H2,19,20,22,23)/b8-5+. The Kier molecular flexibility index (Phi) is 5.98. The number of hydrogen-bond acceptors (Lipinski definition) is 3. The first kappa shape index (κ1) is 17.3. The molecule has 4 nitrogen and oxygen atoms in total. The average Bonchev–Trinajstić information content (AvgIpc) is 2.50. The van der Waals surface area contributed by atoms with Crippen molar-refractivity contribution in [2.75, 3.05) is 5.32 Å². The number of carbonyl (C=O) groups excluding carboxylic acids is 1. The number of hydrogen-bond donors (Lipinski definition) is 3. The summed E-state index contributed by atoms with van der Waals surface area (Å²) in [4.78, 5) is 11.8. The molecule has 0 radical (unpaired) electrons. The van der Waals surface area contributed by atoms with Crippen molar-refractivity contribution in [1.29, 1.82) is 0 Å². The first-order chi connectivity index (χ1) is 11.0. The summed E-state index contributed by atoms with van der Waals surface area (Å²) in [7, 11) is 0. The fourth-order valence-electron chi connectivity index (χ4n) is 1.69. The molecule has 0 fully saturated rings. The SMILES string of the molecule is O=C(/C=C/c1ccccc1Cl)NC(=S)Nc1cc(Cl)ccc1O. The molecule has 0 atom stereocenters. The first-order valence-electron chi connectivity index (χ1n) is 6.49. The molecule has 0 saturated carbocycles. The topological polar surface area (TPSA) is 61.4 Å². The van der Waals surface area contributed by atoms with Crippen LogP contribution in [0, 0.1) is 0 Å². The number of halogens is 2.